The predicted octanol–water partition coefficient (Wildman–Crippen LogP) is 3.05. The summed E-state index contributed by atoms with van der Waals surface area (Å²) in [4.78, 5) is 0. The van der Waals surface area contributed by atoms with E-state index in [1.54, 1.807) is 0 Å². The molecule has 1 aliphatic rings. The Bertz CT molecular complexity index is 339. The maximum absolute atomic E-state index is 5.76. The van der Waals surface area contributed by atoms with Crippen LogP contribution < -0.4 is 10.5 Å². The van der Waals surface area contributed by atoms with Crippen LogP contribution in [-0.2, 0) is 0 Å². The molecule has 2 nitrogen and oxygen atoms in total. The highest BCUT2D eigenvalue weighted by molar-refractivity contribution is 9.10. The molecule has 0 amide bonds. The van der Waals surface area contributed by atoms with Gasteiger partial charge in [0.2, 0.25) is 0 Å². The van der Waals surface area contributed by atoms with Crippen molar-refractivity contribution in [3.8, 4) is 5.75 Å². The van der Waals surface area contributed by atoms with Crippen LogP contribution in [0.5, 0.6) is 5.75 Å². The zero-order valence-corrected chi connectivity index (χ0v) is 11.0. The Morgan fingerprint density at radius 1 is 1.40 bits per heavy atom. The van der Waals surface area contributed by atoms with E-state index in [0.29, 0.717) is 12.1 Å². The third kappa shape index (κ3) is 3.10. The van der Waals surface area contributed by atoms with Gasteiger partial charge in [0.25, 0.3) is 0 Å². The largest absolute Gasteiger partial charge is 0.490 e. The molecule has 1 fully saturated rings. The molecule has 0 atom stereocenters. The summed E-state index contributed by atoms with van der Waals surface area (Å²) >= 11 is 3.46. The number of benzene rings is 1. The molecule has 0 heterocycles. The van der Waals surface area contributed by atoms with Gasteiger partial charge in [-0.05, 0) is 43.5 Å². The summed E-state index contributed by atoms with van der Waals surface area (Å²) in [7, 11) is 0. The van der Waals surface area contributed by atoms with E-state index >= 15 is 0 Å². The van der Waals surface area contributed by atoms with Gasteiger partial charge in [-0.15, -0.1) is 12.4 Å². The first-order valence-electron chi connectivity index (χ1n) is 4.83. The van der Waals surface area contributed by atoms with Crippen LogP contribution in [0, 0.1) is 6.92 Å². The highest BCUT2D eigenvalue weighted by atomic mass is 79.9. The Morgan fingerprint density at radius 2 is 2.07 bits per heavy atom. The van der Waals surface area contributed by atoms with E-state index in [0.717, 1.165) is 23.1 Å². The molecule has 0 aromatic heterocycles. The molecule has 1 aromatic rings. The van der Waals surface area contributed by atoms with Gasteiger partial charge in [0.1, 0.15) is 11.9 Å². The van der Waals surface area contributed by atoms with Crippen molar-refractivity contribution in [1.29, 1.82) is 0 Å². The summed E-state index contributed by atoms with van der Waals surface area (Å²) in [5.74, 6) is 0.947. The normalized spacial score (nSPS) is 23.9. The van der Waals surface area contributed by atoms with Gasteiger partial charge < -0.3 is 10.5 Å². The second-order valence-corrected chi connectivity index (χ2v) is 4.74. The zero-order chi connectivity index (χ0) is 10.1. The number of ether oxygens (including phenoxy) is 1. The second kappa shape index (κ2) is 5.19. The van der Waals surface area contributed by atoms with E-state index in [1.807, 2.05) is 18.2 Å². The fourth-order valence-electron chi connectivity index (χ4n) is 1.59. The molecule has 15 heavy (non-hydrogen) atoms. The Labute approximate surface area is 105 Å². The fraction of sp³-hybridized carbons (Fsp3) is 0.455. The monoisotopic (exact) mass is 291 g/mol. The Hall–Kier alpha value is -0.250. The van der Waals surface area contributed by atoms with Gasteiger partial charge in [0.05, 0.1) is 0 Å². The first kappa shape index (κ1) is 12.8. The molecular weight excluding hydrogens is 277 g/mol. The lowest BCUT2D eigenvalue weighted by molar-refractivity contribution is 0.101. The number of hydrogen-bond acceptors (Lipinski definition) is 2. The number of halogens is 2. The van der Waals surface area contributed by atoms with Crippen LogP contribution in [0.2, 0.25) is 0 Å². The minimum absolute atomic E-state index is 0. The number of hydrogen-bond donors (Lipinski definition) is 1. The Morgan fingerprint density at radius 3 is 2.60 bits per heavy atom. The Balaban J connectivity index is 0.00000112. The average Bonchev–Trinajstić information content (AvgIpc) is 2.09. The standard InChI is InChI=1S/C11H14BrNO.ClH/c1-7-4-9(2-3-11(7)12)14-10-5-8(13)6-10;/h2-4,8,10H,5-6,13H2,1H3;1H/t8-,10-;. The molecule has 0 aliphatic heterocycles. The minimum atomic E-state index is 0. The zero-order valence-electron chi connectivity index (χ0n) is 8.57. The van der Waals surface area contributed by atoms with Gasteiger partial charge in [-0.25, -0.2) is 0 Å². The van der Waals surface area contributed by atoms with Gasteiger partial charge in [-0.3, -0.25) is 0 Å². The lowest BCUT2D eigenvalue weighted by Gasteiger charge is -2.32. The Kier molecular flexibility index (Phi) is 4.44. The second-order valence-electron chi connectivity index (χ2n) is 3.88. The van der Waals surface area contributed by atoms with E-state index < -0.39 is 0 Å². The van der Waals surface area contributed by atoms with Crippen molar-refractivity contribution in [2.24, 2.45) is 5.73 Å². The lowest BCUT2D eigenvalue weighted by Crippen LogP contribution is -2.43. The van der Waals surface area contributed by atoms with Crippen LogP contribution in [0.4, 0.5) is 0 Å². The topological polar surface area (TPSA) is 35.2 Å². The number of nitrogens with two attached hydrogens (primary N) is 1. The third-order valence-corrected chi connectivity index (χ3v) is 3.45. The molecule has 1 aliphatic carbocycles. The highest BCUT2D eigenvalue weighted by Gasteiger charge is 2.27. The molecular formula is C11H15BrClNO. The van der Waals surface area contributed by atoms with Gasteiger partial charge in [0.15, 0.2) is 0 Å². The van der Waals surface area contributed by atoms with E-state index in [2.05, 4.69) is 22.9 Å². The first-order valence-corrected chi connectivity index (χ1v) is 5.63. The van der Waals surface area contributed by atoms with Crippen molar-refractivity contribution in [1.82, 2.24) is 0 Å². The summed E-state index contributed by atoms with van der Waals surface area (Å²) < 4.78 is 6.88. The van der Waals surface area contributed by atoms with Gasteiger partial charge in [-0.1, -0.05) is 15.9 Å². The summed E-state index contributed by atoms with van der Waals surface area (Å²) in [6.07, 6.45) is 2.29. The summed E-state index contributed by atoms with van der Waals surface area (Å²) in [5.41, 5.74) is 6.89. The van der Waals surface area contributed by atoms with Crippen LogP contribution in [0.25, 0.3) is 0 Å². The maximum Gasteiger partial charge on any atom is 0.120 e. The molecule has 1 aromatic carbocycles. The van der Waals surface area contributed by atoms with Crippen LogP contribution in [0.1, 0.15) is 18.4 Å². The average molecular weight is 293 g/mol. The number of rotatable bonds is 2. The molecule has 2 rings (SSSR count). The van der Waals surface area contributed by atoms with Crippen molar-refractivity contribution in [3.63, 3.8) is 0 Å². The van der Waals surface area contributed by atoms with Crippen LogP contribution in [0.3, 0.4) is 0 Å². The third-order valence-electron chi connectivity index (χ3n) is 2.56. The fourth-order valence-corrected chi connectivity index (χ4v) is 1.83. The molecule has 0 radical (unpaired) electrons. The molecule has 2 N–H and O–H groups in total. The maximum atomic E-state index is 5.76. The SMILES string of the molecule is Cc1cc(O[C@H]2C[C@H](N)C2)ccc1Br.Cl. The van der Waals surface area contributed by atoms with E-state index in [4.69, 9.17) is 10.5 Å². The molecule has 0 saturated heterocycles. The van der Waals surface area contributed by atoms with Crippen molar-refractivity contribution < 1.29 is 4.74 Å². The summed E-state index contributed by atoms with van der Waals surface area (Å²) in [6, 6.07) is 6.40. The molecule has 0 bridgehead atoms. The molecule has 1 saturated carbocycles. The van der Waals surface area contributed by atoms with E-state index in [9.17, 15) is 0 Å². The quantitative estimate of drug-likeness (QED) is 0.909. The summed E-state index contributed by atoms with van der Waals surface area (Å²) in [5, 5.41) is 0. The van der Waals surface area contributed by atoms with Crippen molar-refractivity contribution in [2.75, 3.05) is 0 Å². The van der Waals surface area contributed by atoms with Crippen molar-refractivity contribution in [2.45, 2.75) is 31.9 Å². The lowest BCUT2D eigenvalue weighted by atomic mass is 9.90. The van der Waals surface area contributed by atoms with Gasteiger partial charge >= 0.3 is 0 Å². The molecule has 4 heteroatoms. The molecule has 0 unspecified atom stereocenters. The van der Waals surface area contributed by atoms with Crippen molar-refractivity contribution >= 4 is 28.3 Å². The van der Waals surface area contributed by atoms with Crippen LogP contribution in [0.15, 0.2) is 22.7 Å². The van der Waals surface area contributed by atoms with E-state index in [1.165, 1.54) is 5.56 Å². The van der Waals surface area contributed by atoms with Gasteiger partial charge in [-0.2, -0.15) is 0 Å². The van der Waals surface area contributed by atoms with E-state index in [-0.39, 0.29) is 12.4 Å². The van der Waals surface area contributed by atoms with Gasteiger partial charge in [0, 0.05) is 10.5 Å². The minimum Gasteiger partial charge on any atom is -0.490 e. The summed E-state index contributed by atoms with van der Waals surface area (Å²) in [6.45, 7) is 2.06. The molecule has 84 valence electrons. The number of aryl methyl sites for hydroxylation is 1. The van der Waals surface area contributed by atoms with Crippen LogP contribution >= 0.6 is 28.3 Å². The predicted molar refractivity (Wildman–Crippen MR) is 67.8 cm³/mol. The van der Waals surface area contributed by atoms with Crippen LogP contribution in [-0.4, -0.2) is 12.1 Å². The molecule has 0 spiro atoms. The first-order chi connectivity index (χ1) is 6.65. The van der Waals surface area contributed by atoms with Crippen molar-refractivity contribution in [3.05, 3.63) is 28.2 Å². The highest BCUT2D eigenvalue weighted by Crippen LogP contribution is 2.27. The smallest absolute Gasteiger partial charge is 0.120 e.